The van der Waals surface area contributed by atoms with E-state index in [0.29, 0.717) is 22.9 Å². The zero-order valence-electron chi connectivity index (χ0n) is 12.8. The van der Waals surface area contributed by atoms with Crippen LogP contribution in [0.2, 0.25) is 5.02 Å². The molecule has 24 heavy (non-hydrogen) atoms. The molecular weight excluding hydrogens is 352 g/mol. The van der Waals surface area contributed by atoms with Crippen LogP contribution in [0.15, 0.2) is 35.7 Å². The van der Waals surface area contributed by atoms with Gasteiger partial charge in [0.15, 0.2) is 0 Å². The van der Waals surface area contributed by atoms with Gasteiger partial charge in [0.1, 0.15) is 16.9 Å². The number of cyclic esters (lactones) is 1. The van der Waals surface area contributed by atoms with Gasteiger partial charge < -0.3 is 14.8 Å². The molecule has 1 saturated heterocycles. The maximum atomic E-state index is 12.3. The van der Waals surface area contributed by atoms with Crippen LogP contribution in [0.4, 0.5) is 9.80 Å². The Kier molecular flexibility index (Phi) is 4.92. The molecule has 2 heterocycles. The fourth-order valence-electron chi connectivity index (χ4n) is 2.39. The number of methoxy groups -OCH3 is 1. The van der Waals surface area contributed by atoms with Gasteiger partial charge in [-0.25, -0.2) is 4.79 Å². The third kappa shape index (κ3) is 3.47. The van der Waals surface area contributed by atoms with Gasteiger partial charge >= 0.3 is 6.09 Å². The molecule has 1 unspecified atom stereocenters. The second kappa shape index (κ2) is 7.11. The fraction of sp³-hybridized carbons (Fsp3) is 0.250. The summed E-state index contributed by atoms with van der Waals surface area (Å²) >= 11 is 7.39. The molecule has 1 aliphatic heterocycles. The first-order chi connectivity index (χ1) is 11.6. The van der Waals surface area contributed by atoms with Crippen molar-refractivity contribution in [1.82, 2.24) is 5.32 Å². The van der Waals surface area contributed by atoms with Gasteiger partial charge in [0.25, 0.3) is 5.91 Å². The normalized spacial score (nSPS) is 16.8. The molecule has 3 rings (SSSR count). The maximum Gasteiger partial charge on any atom is 0.415 e. The van der Waals surface area contributed by atoms with E-state index >= 15 is 0 Å². The summed E-state index contributed by atoms with van der Waals surface area (Å²) in [5, 5.41) is 5.91. The number of amides is 2. The van der Waals surface area contributed by atoms with Gasteiger partial charge in [0.05, 0.1) is 25.8 Å². The number of carbonyl (C=O) groups is 2. The third-order valence-electron chi connectivity index (χ3n) is 3.54. The Morgan fingerprint density at radius 1 is 1.50 bits per heavy atom. The topological polar surface area (TPSA) is 67.9 Å². The molecule has 2 aromatic rings. The van der Waals surface area contributed by atoms with Gasteiger partial charge in [-0.05, 0) is 35.7 Å². The second-order valence-corrected chi connectivity index (χ2v) is 6.48. The lowest BCUT2D eigenvalue weighted by Crippen LogP contribution is -2.34. The number of anilines is 1. The molecule has 0 aliphatic carbocycles. The predicted molar refractivity (Wildman–Crippen MR) is 92.3 cm³/mol. The van der Waals surface area contributed by atoms with Gasteiger partial charge in [-0.3, -0.25) is 9.69 Å². The summed E-state index contributed by atoms with van der Waals surface area (Å²) in [7, 11) is 1.48. The molecule has 2 amide bonds. The van der Waals surface area contributed by atoms with E-state index in [2.05, 4.69) is 5.32 Å². The summed E-state index contributed by atoms with van der Waals surface area (Å²) < 4.78 is 10.5. The Bertz CT molecular complexity index is 751. The maximum absolute atomic E-state index is 12.3. The average Bonchev–Trinajstić information content (AvgIpc) is 3.21. The molecule has 0 spiro atoms. The number of halogens is 1. The quantitative estimate of drug-likeness (QED) is 0.882. The minimum Gasteiger partial charge on any atom is -0.496 e. The van der Waals surface area contributed by atoms with Crippen molar-refractivity contribution >= 4 is 39.9 Å². The van der Waals surface area contributed by atoms with Crippen molar-refractivity contribution in [3.05, 3.63) is 46.3 Å². The van der Waals surface area contributed by atoms with Gasteiger partial charge in [0, 0.05) is 5.02 Å². The van der Waals surface area contributed by atoms with Crippen LogP contribution in [-0.2, 0) is 4.74 Å². The first-order valence-corrected chi connectivity index (χ1v) is 8.47. The van der Waals surface area contributed by atoms with Crippen LogP contribution in [0.3, 0.4) is 0 Å². The first-order valence-electron chi connectivity index (χ1n) is 7.22. The number of rotatable bonds is 5. The zero-order chi connectivity index (χ0) is 17.1. The van der Waals surface area contributed by atoms with Crippen LogP contribution in [0.1, 0.15) is 10.4 Å². The highest BCUT2D eigenvalue weighted by atomic mass is 35.5. The smallest absolute Gasteiger partial charge is 0.415 e. The van der Waals surface area contributed by atoms with E-state index < -0.39 is 12.2 Å². The Balaban J connectivity index is 1.61. The summed E-state index contributed by atoms with van der Waals surface area (Å²) in [4.78, 5) is 25.8. The summed E-state index contributed by atoms with van der Waals surface area (Å²) in [6.45, 7) is 0.606. The number of hydrogen-bond donors (Lipinski definition) is 1. The van der Waals surface area contributed by atoms with Crippen LogP contribution in [0.25, 0.3) is 0 Å². The van der Waals surface area contributed by atoms with Crippen molar-refractivity contribution in [2.45, 2.75) is 6.10 Å². The van der Waals surface area contributed by atoms with Crippen LogP contribution in [0, 0.1) is 0 Å². The molecule has 8 heteroatoms. The molecule has 1 atom stereocenters. The lowest BCUT2D eigenvalue weighted by atomic mass is 10.2. The lowest BCUT2D eigenvalue weighted by Gasteiger charge is -2.12. The van der Waals surface area contributed by atoms with Crippen LogP contribution >= 0.6 is 22.9 Å². The molecule has 1 aromatic heterocycles. The number of carbonyl (C=O) groups excluding carboxylic acids is 2. The van der Waals surface area contributed by atoms with Crippen LogP contribution < -0.4 is 15.0 Å². The number of nitrogens with zero attached hydrogens (tertiary/aromatic N) is 1. The van der Waals surface area contributed by atoms with E-state index in [4.69, 9.17) is 21.1 Å². The van der Waals surface area contributed by atoms with E-state index in [9.17, 15) is 9.59 Å². The Morgan fingerprint density at radius 2 is 2.33 bits per heavy atom. The first kappa shape index (κ1) is 16.6. The molecule has 0 radical (unpaired) electrons. The molecule has 1 aromatic carbocycles. The predicted octanol–water partition coefficient (Wildman–Crippen LogP) is 3.17. The van der Waals surface area contributed by atoms with Crippen molar-refractivity contribution < 1.29 is 19.1 Å². The van der Waals surface area contributed by atoms with E-state index in [1.54, 1.807) is 17.0 Å². The highest BCUT2D eigenvalue weighted by molar-refractivity contribution is 7.14. The van der Waals surface area contributed by atoms with Crippen molar-refractivity contribution in [1.29, 1.82) is 0 Å². The molecule has 1 fully saturated rings. The van der Waals surface area contributed by atoms with Crippen molar-refractivity contribution in [3.63, 3.8) is 0 Å². The van der Waals surface area contributed by atoms with Crippen molar-refractivity contribution in [3.8, 4) is 5.75 Å². The zero-order valence-corrected chi connectivity index (χ0v) is 14.4. The molecule has 6 nitrogen and oxygen atoms in total. The van der Waals surface area contributed by atoms with Gasteiger partial charge in [0.2, 0.25) is 0 Å². The lowest BCUT2D eigenvalue weighted by molar-refractivity contribution is 0.0913. The standard InChI is InChI=1S/C16H15ClN2O4S/c1-22-13-5-4-10(17)7-12(13)15(20)18-8-11-9-19(16(21)23-11)14-3-2-6-24-14/h2-7,11H,8-9H2,1H3,(H,18,20). The van der Waals surface area contributed by atoms with Gasteiger partial charge in [-0.1, -0.05) is 11.6 Å². The highest BCUT2D eigenvalue weighted by Gasteiger charge is 2.33. The van der Waals surface area contributed by atoms with Gasteiger partial charge in [-0.15, -0.1) is 11.3 Å². The number of benzene rings is 1. The van der Waals surface area contributed by atoms with Crippen LogP contribution in [-0.4, -0.2) is 38.3 Å². The molecular formula is C16H15ClN2O4S. The van der Waals surface area contributed by atoms with Crippen LogP contribution in [0.5, 0.6) is 5.75 Å². The van der Waals surface area contributed by atoms with E-state index in [-0.39, 0.29) is 12.5 Å². The Hall–Kier alpha value is -2.25. The fourth-order valence-corrected chi connectivity index (χ4v) is 3.29. The molecule has 126 valence electrons. The molecule has 0 saturated carbocycles. The summed E-state index contributed by atoms with van der Waals surface area (Å²) in [6, 6.07) is 8.53. The Morgan fingerprint density at radius 3 is 3.04 bits per heavy atom. The van der Waals surface area contributed by atoms with Crippen molar-refractivity contribution in [2.75, 3.05) is 25.1 Å². The third-order valence-corrected chi connectivity index (χ3v) is 4.67. The number of ether oxygens (including phenoxy) is 2. The monoisotopic (exact) mass is 366 g/mol. The number of hydrogen-bond acceptors (Lipinski definition) is 5. The average molecular weight is 367 g/mol. The highest BCUT2D eigenvalue weighted by Crippen LogP contribution is 2.26. The minimum atomic E-state index is -0.409. The number of nitrogens with one attached hydrogen (secondary N) is 1. The SMILES string of the molecule is COc1ccc(Cl)cc1C(=O)NCC1CN(c2cccs2)C(=O)O1. The second-order valence-electron chi connectivity index (χ2n) is 5.12. The van der Waals surface area contributed by atoms with Gasteiger partial charge in [-0.2, -0.15) is 0 Å². The Labute approximate surface area is 147 Å². The largest absolute Gasteiger partial charge is 0.496 e. The summed E-state index contributed by atoms with van der Waals surface area (Å²) in [5.41, 5.74) is 0.337. The molecule has 1 N–H and O–H groups in total. The summed E-state index contributed by atoms with van der Waals surface area (Å²) in [5.74, 6) is 0.0977. The molecule has 1 aliphatic rings. The molecule has 0 bridgehead atoms. The minimum absolute atomic E-state index is 0.210. The van der Waals surface area contributed by atoms with E-state index in [1.807, 2.05) is 17.5 Å². The van der Waals surface area contributed by atoms with E-state index in [0.717, 1.165) is 5.00 Å². The summed E-state index contributed by atoms with van der Waals surface area (Å²) in [6.07, 6.45) is -0.814. The number of thiophene rings is 1. The van der Waals surface area contributed by atoms with E-state index in [1.165, 1.54) is 24.5 Å². The van der Waals surface area contributed by atoms with Crippen molar-refractivity contribution in [2.24, 2.45) is 0 Å².